The van der Waals surface area contributed by atoms with Gasteiger partial charge in [-0.05, 0) is 31.0 Å². The molecule has 1 aliphatic heterocycles. The number of anilines is 1. The molecule has 0 radical (unpaired) electrons. The molecule has 0 aromatic heterocycles. The average molecular weight is 258 g/mol. The van der Waals surface area contributed by atoms with E-state index in [0.717, 1.165) is 6.07 Å². The first-order valence-electron chi connectivity index (χ1n) is 5.97. The third-order valence-electron chi connectivity index (χ3n) is 3.36. The van der Waals surface area contributed by atoms with Crippen LogP contribution < -0.4 is 10.6 Å². The van der Waals surface area contributed by atoms with Crippen molar-refractivity contribution in [2.24, 2.45) is 5.73 Å². The maximum absolute atomic E-state index is 13.0. The number of hydrogen-bond acceptors (Lipinski definition) is 2. The Hall–Kier alpha value is -1.23. The maximum Gasteiger partial charge on any atom is 0.416 e. The molecule has 2 nitrogen and oxygen atoms in total. The number of hydrogen-bond donors (Lipinski definition) is 1. The predicted octanol–water partition coefficient (Wildman–Crippen LogP) is 2.98. The molecule has 1 aromatic carbocycles. The Labute approximate surface area is 105 Å². The number of nitrogens with zero attached hydrogens (tertiary/aromatic N) is 1. The summed E-state index contributed by atoms with van der Waals surface area (Å²) in [5.41, 5.74) is 6.30. The van der Waals surface area contributed by atoms with Gasteiger partial charge in [-0.15, -0.1) is 0 Å². The van der Waals surface area contributed by atoms with E-state index in [-0.39, 0.29) is 12.0 Å². The summed E-state index contributed by atoms with van der Waals surface area (Å²) < 4.78 is 39.1. The second kappa shape index (κ2) is 4.46. The Bertz CT molecular complexity index is 438. The highest BCUT2D eigenvalue weighted by atomic mass is 19.4. The van der Waals surface area contributed by atoms with Crippen LogP contribution in [0.15, 0.2) is 18.2 Å². The summed E-state index contributed by atoms with van der Waals surface area (Å²) in [5.74, 6) is -0.136. The third kappa shape index (κ3) is 2.32. The number of fused-ring (bicyclic) bond motifs is 1. The van der Waals surface area contributed by atoms with Gasteiger partial charge in [0.25, 0.3) is 0 Å². The van der Waals surface area contributed by atoms with Gasteiger partial charge < -0.3 is 10.6 Å². The fourth-order valence-corrected chi connectivity index (χ4v) is 2.72. The minimum absolute atomic E-state index is 0.101. The largest absolute Gasteiger partial charge is 0.416 e. The molecule has 2 N–H and O–H groups in total. The molecule has 0 saturated carbocycles. The van der Waals surface area contributed by atoms with Crippen LogP contribution in [0.25, 0.3) is 0 Å². The van der Waals surface area contributed by atoms with Crippen molar-refractivity contribution >= 4 is 5.69 Å². The van der Waals surface area contributed by atoms with E-state index in [4.69, 9.17) is 5.73 Å². The van der Waals surface area contributed by atoms with E-state index in [9.17, 15) is 13.2 Å². The third-order valence-corrected chi connectivity index (χ3v) is 3.36. The summed E-state index contributed by atoms with van der Waals surface area (Å²) in [6, 6.07) is 4.26. The fourth-order valence-electron chi connectivity index (χ4n) is 2.72. The lowest BCUT2D eigenvalue weighted by atomic mass is 9.91. The summed E-state index contributed by atoms with van der Waals surface area (Å²) in [7, 11) is 1.82. The van der Waals surface area contributed by atoms with Gasteiger partial charge in [-0.3, -0.25) is 0 Å². The first-order valence-corrected chi connectivity index (χ1v) is 5.97. The van der Waals surface area contributed by atoms with Crippen molar-refractivity contribution in [3.05, 3.63) is 29.3 Å². The standard InChI is InChI=1S/C13H17F3N2/c1-8(17)6-9-7-18(2)11-5-3-4-10(12(9)11)13(14,15)16/h3-5,8-9H,6-7,17H2,1-2H3. The van der Waals surface area contributed by atoms with Gasteiger partial charge >= 0.3 is 6.18 Å². The van der Waals surface area contributed by atoms with Gasteiger partial charge in [-0.1, -0.05) is 6.07 Å². The minimum Gasteiger partial charge on any atom is -0.374 e. The van der Waals surface area contributed by atoms with Crippen LogP contribution in [0.2, 0.25) is 0 Å². The van der Waals surface area contributed by atoms with E-state index in [1.165, 1.54) is 6.07 Å². The highest BCUT2D eigenvalue weighted by molar-refractivity contribution is 5.63. The van der Waals surface area contributed by atoms with Crippen molar-refractivity contribution < 1.29 is 13.2 Å². The summed E-state index contributed by atoms with van der Waals surface area (Å²) in [5, 5.41) is 0. The van der Waals surface area contributed by atoms with Gasteiger partial charge in [-0.2, -0.15) is 13.2 Å². The molecule has 1 aromatic rings. The Morgan fingerprint density at radius 3 is 2.67 bits per heavy atom. The van der Waals surface area contributed by atoms with Crippen LogP contribution in [0.1, 0.15) is 30.4 Å². The van der Waals surface area contributed by atoms with Crippen molar-refractivity contribution in [2.75, 3.05) is 18.5 Å². The quantitative estimate of drug-likeness (QED) is 0.883. The monoisotopic (exact) mass is 258 g/mol. The SMILES string of the molecule is CC(N)CC1CN(C)c2cccc(C(F)(F)F)c21. The molecule has 100 valence electrons. The summed E-state index contributed by atoms with van der Waals surface area (Å²) in [6.45, 7) is 2.43. The van der Waals surface area contributed by atoms with Crippen LogP contribution >= 0.6 is 0 Å². The number of alkyl halides is 3. The van der Waals surface area contributed by atoms with Crippen LogP contribution in [-0.2, 0) is 6.18 Å². The lowest BCUT2D eigenvalue weighted by molar-refractivity contribution is -0.138. The summed E-state index contributed by atoms with van der Waals surface area (Å²) >= 11 is 0. The molecule has 1 aliphatic rings. The highest BCUT2D eigenvalue weighted by Crippen LogP contribution is 2.45. The van der Waals surface area contributed by atoms with Crippen molar-refractivity contribution in [3.8, 4) is 0 Å². The fraction of sp³-hybridized carbons (Fsp3) is 0.538. The molecule has 2 rings (SSSR count). The maximum atomic E-state index is 13.0. The summed E-state index contributed by atoms with van der Waals surface area (Å²) in [6.07, 6.45) is -3.73. The van der Waals surface area contributed by atoms with Gasteiger partial charge in [0.05, 0.1) is 5.56 Å². The second-order valence-electron chi connectivity index (χ2n) is 5.03. The molecular formula is C13H17F3N2. The number of likely N-dealkylation sites (N-methyl/N-ethyl adjacent to an activating group) is 1. The van der Waals surface area contributed by atoms with Crippen LogP contribution in [0, 0.1) is 0 Å². The molecule has 5 heteroatoms. The highest BCUT2D eigenvalue weighted by Gasteiger charge is 2.39. The molecule has 0 spiro atoms. The normalized spacial score (nSPS) is 21.0. The van der Waals surface area contributed by atoms with E-state index in [1.54, 1.807) is 6.07 Å². The van der Waals surface area contributed by atoms with Crippen molar-refractivity contribution in [1.82, 2.24) is 0 Å². The predicted molar refractivity (Wildman–Crippen MR) is 65.7 cm³/mol. The summed E-state index contributed by atoms with van der Waals surface area (Å²) in [4.78, 5) is 1.87. The van der Waals surface area contributed by atoms with Gasteiger partial charge in [0, 0.05) is 31.2 Å². The van der Waals surface area contributed by atoms with Crippen LogP contribution in [-0.4, -0.2) is 19.6 Å². The van der Waals surface area contributed by atoms with Gasteiger partial charge in [0.15, 0.2) is 0 Å². The van der Waals surface area contributed by atoms with Gasteiger partial charge in [-0.25, -0.2) is 0 Å². The van der Waals surface area contributed by atoms with Crippen LogP contribution in [0.3, 0.4) is 0 Å². The Morgan fingerprint density at radius 2 is 2.11 bits per heavy atom. The first-order chi connectivity index (χ1) is 8.30. The minimum atomic E-state index is -4.30. The molecule has 0 aliphatic carbocycles. The molecule has 0 fully saturated rings. The number of rotatable bonds is 2. The van der Waals surface area contributed by atoms with Crippen molar-refractivity contribution in [3.63, 3.8) is 0 Å². The zero-order valence-corrected chi connectivity index (χ0v) is 10.5. The van der Waals surface area contributed by atoms with Gasteiger partial charge in [0.2, 0.25) is 0 Å². The molecule has 1 heterocycles. The van der Waals surface area contributed by atoms with E-state index < -0.39 is 11.7 Å². The Balaban J connectivity index is 2.48. The molecule has 0 saturated heterocycles. The number of halogens is 3. The van der Waals surface area contributed by atoms with E-state index >= 15 is 0 Å². The van der Waals surface area contributed by atoms with E-state index in [0.29, 0.717) is 24.2 Å². The number of nitrogens with two attached hydrogens (primary N) is 1. The molecule has 18 heavy (non-hydrogen) atoms. The van der Waals surface area contributed by atoms with Gasteiger partial charge in [0.1, 0.15) is 0 Å². The lowest BCUT2D eigenvalue weighted by Crippen LogP contribution is -2.22. The molecule has 2 unspecified atom stereocenters. The molecule has 0 amide bonds. The topological polar surface area (TPSA) is 29.3 Å². The van der Waals surface area contributed by atoms with Crippen LogP contribution in [0.4, 0.5) is 18.9 Å². The van der Waals surface area contributed by atoms with E-state index in [2.05, 4.69) is 0 Å². The molecule has 2 atom stereocenters. The molecule has 0 bridgehead atoms. The second-order valence-corrected chi connectivity index (χ2v) is 5.03. The average Bonchev–Trinajstić information content (AvgIpc) is 2.54. The first kappa shape index (κ1) is 13.2. The van der Waals surface area contributed by atoms with Crippen molar-refractivity contribution in [2.45, 2.75) is 31.5 Å². The Morgan fingerprint density at radius 1 is 1.44 bits per heavy atom. The lowest BCUT2D eigenvalue weighted by Gasteiger charge is -2.17. The molecular weight excluding hydrogens is 241 g/mol. The number of benzene rings is 1. The smallest absolute Gasteiger partial charge is 0.374 e. The van der Waals surface area contributed by atoms with Crippen molar-refractivity contribution in [1.29, 1.82) is 0 Å². The van der Waals surface area contributed by atoms with Crippen LogP contribution in [0.5, 0.6) is 0 Å². The zero-order chi connectivity index (χ0) is 13.5. The van der Waals surface area contributed by atoms with E-state index in [1.807, 2.05) is 18.9 Å². The zero-order valence-electron chi connectivity index (χ0n) is 10.5. The Kier molecular flexibility index (Phi) is 3.27.